The first-order valence-corrected chi connectivity index (χ1v) is 7.00. The van der Waals surface area contributed by atoms with Gasteiger partial charge in [-0.1, -0.05) is 18.2 Å². The lowest BCUT2D eigenvalue weighted by Crippen LogP contribution is -2.34. The molecule has 2 rings (SSSR count). The van der Waals surface area contributed by atoms with Crippen molar-refractivity contribution < 1.29 is 13.6 Å². The van der Waals surface area contributed by atoms with Gasteiger partial charge >= 0.3 is 0 Å². The summed E-state index contributed by atoms with van der Waals surface area (Å²) in [6.07, 6.45) is 0. The van der Waals surface area contributed by atoms with Crippen LogP contribution in [0.2, 0.25) is 0 Å². The average Bonchev–Trinajstić information content (AvgIpc) is 2.49. The maximum atomic E-state index is 13.6. The molecule has 0 saturated heterocycles. The lowest BCUT2D eigenvalue weighted by molar-refractivity contribution is 0.0977. The van der Waals surface area contributed by atoms with Crippen LogP contribution in [0.15, 0.2) is 46.9 Å². The van der Waals surface area contributed by atoms with E-state index in [0.717, 1.165) is 0 Å². The van der Waals surface area contributed by atoms with Crippen LogP contribution >= 0.6 is 28.1 Å². The number of carbonyl (C=O) groups is 1. The molecule has 0 aliphatic carbocycles. The fourth-order valence-electron chi connectivity index (χ4n) is 1.54. The molecule has 2 aromatic rings. The third kappa shape index (κ3) is 3.83. The van der Waals surface area contributed by atoms with Gasteiger partial charge in [0.25, 0.3) is 5.91 Å². The maximum absolute atomic E-state index is 13.6. The molecule has 0 radical (unpaired) electrons. The van der Waals surface area contributed by atoms with Crippen LogP contribution in [0.3, 0.4) is 0 Å². The molecule has 0 unspecified atom stereocenters. The van der Waals surface area contributed by atoms with E-state index in [0.29, 0.717) is 5.56 Å². The van der Waals surface area contributed by atoms with Gasteiger partial charge in [-0.05, 0) is 52.4 Å². The van der Waals surface area contributed by atoms with E-state index in [2.05, 4.69) is 26.6 Å². The van der Waals surface area contributed by atoms with Gasteiger partial charge in [0.2, 0.25) is 0 Å². The number of rotatable bonds is 2. The molecule has 108 valence electrons. The first-order chi connectivity index (χ1) is 9.99. The molecule has 0 bridgehead atoms. The molecular weight excluding hydrogens is 362 g/mol. The quantitative estimate of drug-likeness (QED) is 0.623. The molecule has 21 heavy (non-hydrogen) atoms. The molecule has 0 spiro atoms. The normalized spacial score (nSPS) is 10.0. The summed E-state index contributed by atoms with van der Waals surface area (Å²) in [5.74, 6) is -2.55. The summed E-state index contributed by atoms with van der Waals surface area (Å²) in [6, 6.07) is 11.0. The topological polar surface area (TPSA) is 41.1 Å². The molecule has 0 saturated carbocycles. The van der Waals surface area contributed by atoms with Crippen molar-refractivity contribution in [1.82, 2.24) is 5.32 Å². The van der Waals surface area contributed by atoms with E-state index in [1.165, 1.54) is 12.1 Å². The highest BCUT2D eigenvalue weighted by Crippen LogP contribution is 2.24. The smallest absolute Gasteiger partial charge is 0.257 e. The summed E-state index contributed by atoms with van der Waals surface area (Å²) < 4.78 is 27.0. The van der Waals surface area contributed by atoms with E-state index < -0.39 is 17.5 Å². The Morgan fingerprint density at radius 1 is 1.05 bits per heavy atom. The van der Waals surface area contributed by atoms with Crippen LogP contribution in [0.4, 0.5) is 14.5 Å². The van der Waals surface area contributed by atoms with Gasteiger partial charge in [-0.3, -0.25) is 10.1 Å². The molecule has 0 fully saturated rings. The molecule has 2 aromatic carbocycles. The van der Waals surface area contributed by atoms with Crippen molar-refractivity contribution in [3.63, 3.8) is 0 Å². The maximum Gasteiger partial charge on any atom is 0.257 e. The van der Waals surface area contributed by atoms with Crippen LogP contribution < -0.4 is 10.6 Å². The molecular formula is C14H9BrF2N2OS. The Morgan fingerprint density at radius 3 is 2.38 bits per heavy atom. The Bertz CT molecular complexity index is 695. The Hall–Kier alpha value is -1.86. The van der Waals surface area contributed by atoms with Crippen LogP contribution in [0.1, 0.15) is 10.4 Å². The zero-order valence-electron chi connectivity index (χ0n) is 10.5. The number of anilines is 1. The molecule has 0 atom stereocenters. The molecule has 1 amide bonds. The van der Waals surface area contributed by atoms with Crippen LogP contribution in [0, 0.1) is 11.6 Å². The number of benzene rings is 2. The number of amides is 1. The fraction of sp³-hybridized carbons (Fsp3) is 0. The van der Waals surface area contributed by atoms with E-state index >= 15 is 0 Å². The highest BCUT2D eigenvalue weighted by molar-refractivity contribution is 9.10. The van der Waals surface area contributed by atoms with Gasteiger partial charge in [0.15, 0.2) is 16.7 Å². The SMILES string of the molecule is O=C(NC(=S)Nc1ccc(Br)c(F)c1F)c1ccccc1. The van der Waals surface area contributed by atoms with Crippen molar-refractivity contribution in [2.24, 2.45) is 0 Å². The van der Waals surface area contributed by atoms with Crippen LogP contribution in [-0.4, -0.2) is 11.0 Å². The van der Waals surface area contributed by atoms with Crippen molar-refractivity contribution >= 4 is 44.9 Å². The number of nitrogens with one attached hydrogen (secondary N) is 2. The van der Waals surface area contributed by atoms with Crippen molar-refractivity contribution in [2.75, 3.05) is 5.32 Å². The van der Waals surface area contributed by atoms with Crippen LogP contribution in [0.25, 0.3) is 0 Å². The van der Waals surface area contributed by atoms with Crippen molar-refractivity contribution in [3.8, 4) is 0 Å². The second-order valence-electron chi connectivity index (χ2n) is 4.00. The minimum atomic E-state index is -1.08. The second kappa shape index (κ2) is 6.73. The highest BCUT2D eigenvalue weighted by Gasteiger charge is 2.14. The Kier molecular flexibility index (Phi) is 4.98. The Morgan fingerprint density at radius 2 is 1.71 bits per heavy atom. The van der Waals surface area contributed by atoms with E-state index in [4.69, 9.17) is 12.2 Å². The lowest BCUT2D eigenvalue weighted by atomic mass is 10.2. The van der Waals surface area contributed by atoms with E-state index in [1.807, 2.05) is 0 Å². The number of carbonyl (C=O) groups excluding carboxylic acids is 1. The predicted octanol–water partition coefficient (Wildman–Crippen LogP) is 3.85. The van der Waals surface area contributed by atoms with Crippen LogP contribution in [-0.2, 0) is 0 Å². The number of hydrogen-bond acceptors (Lipinski definition) is 2. The summed E-state index contributed by atoms with van der Waals surface area (Å²) in [5, 5.41) is 4.71. The average molecular weight is 371 g/mol. The largest absolute Gasteiger partial charge is 0.330 e. The Labute approximate surface area is 133 Å². The standard InChI is InChI=1S/C14H9BrF2N2OS/c15-9-6-7-10(12(17)11(9)16)18-14(21)19-13(20)8-4-2-1-3-5-8/h1-7H,(H2,18,19,20,21). The Balaban J connectivity index is 2.06. The predicted molar refractivity (Wildman–Crippen MR) is 84.2 cm³/mol. The van der Waals surface area contributed by atoms with Gasteiger partial charge in [0.05, 0.1) is 10.2 Å². The number of thiocarbonyl (C=S) groups is 1. The monoisotopic (exact) mass is 370 g/mol. The van der Waals surface area contributed by atoms with E-state index in [-0.39, 0.29) is 15.3 Å². The first-order valence-electron chi connectivity index (χ1n) is 5.80. The summed E-state index contributed by atoms with van der Waals surface area (Å²) >= 11 is 7.78. The molecule has 0 aliphatic rings. The van der Waals surface area contributed by atoms with Gasteiger partial charge < -0.3 is 5.32 Å². The minimum absolute atomic E-state index is 0.00443. The van der Waals surface area contributed by atoms with E-state index in [1.54, 1.807) is 30.3 Å². The van der Waals surface area contributed by atoms with E-state index in [9.17, 15) is 13.6 Å². The highest BCUT2D eigenvalue weighted by atomic mass is 79.9. The van der Waals surface area contributed by atoms with Crippen LogP contribution in [0.5, 0.6) is 0 Å². The van der Waals surface area contributed by atoms with Gasteiger partial charge in [-0.15, -0.1) is 0 Å². The summed E-state index contributed by atoms with van der Waals surface area (Å²) in [5.41, 5.74) is 0.248. The third-order valence-corrected chi connectivity index (χ3v) is 3.36. The summed E-state index contributed by atoms with van der Waals surface area (Å²) in [7, 11) is 0. The molecule has 0 heterocycles. The first kappa shape index (κ1) is 15.5. The van der Waals surface area contributed by atoms with Gasteiger partial charge in [0.1, 0.15) is 0 Å². The molecule has 3 nitrogen and oxygen atoms in total. The zero-order chi connectivity index (χ0) is 15.4. The number of hydrogen-bond donors (Lipinski definition) is 2. The lowest BCUT2D eigenvalue weighted by Gasteiger charge is -2.11. The molecule has 0 aliphatic heterocycles. The molecule has 2 N–H and O–H groups in total. The molecule has 7 heteroatoms. The summed E-state index contributed by atoms with van der Waals surface area (Å²) in [6.45, 7) is 0. The van der Waals surface area contributed by atoms with Gasteiger partial charge in [-0.25, -0.2) is 8.78 Å². The zero-order valence-corrected chi connectivity index (χ0v) is 12.9. The third-order valence-electron chi connectivity index (χ3n) is 2.55. The van der Waals surface area contributed by atoms with Crippen molar-refractivity contribution in [2.45, 2.75) is 0 Å². The minimum Gasteiger partial charge on any atom is -0.330 e. The molecule has 0 aromatic heterocycles. The number of halogens is 3. The van der Waals surface area contributed by atoms with Gasteiger partial charge in [-0.2, -0.15) is 0 Å². The van der Waals surface area contributed by atoms with Crippen molar-refractivity contribution in [3.05, 3.63) is 64.1 Å². The second-order valence-corrected chi connectivity index (χ2v) is 5.26. The van der Waals surface area contributed by atoms with Gasteiger partial charge in [0, 0.05) is 5.56 Å². The fourth-order valence-corrected chi connectivity index (χ4v) is 2.05. The van der Waals surface area contributed by atoms with Crippen molar-refractivity contribution in [1.29, 1.82) is 0 Å². The summed E-state index contributed by atoms with van der Waals surface area (Å²) in [4.78, 5) is 11.8.